The molecule has 1 aliphatic carbocycles. The molecule has 0 aromatic heterocycles. The summed E-state index contributed by atoms with van der Waals surface area (Å²) in [5.41, 5.74) is 7.70. The zero-order valence-corrected chi connectivity index (χ0v) is 9.60. The van der Waals surface area contributed by atoms with Gasteiger partial charge in [-0.05, 0) is 32.1 Å². The summed E-state index contributed by atoms with van der Waals surface area (Å²) in [6.45, 7) is 2.25. The molecule has 1 aliphatic rings. The fourth-order valence-corrected chi connectivity index (χ4v) is 2.18. The Morgan fingerprint density at radius 3 is 2.79 bits per heavy atom. The molecule has 1 unspecified atom stereocenters. The first-order valence-electron chi connectivity index (χ1n) is 6.29. The van der Waals surface area contributed by atoms with E-state index in [2.05, 4.69) is 13.0 Å². The molecule has 1 rings (SSSR count). The van der Waals surface area contributed by atoms with E-state index in [1.165, 1.54) is 63.4 Å². The maximum Gasteiger partial charge on any atom is 0.0253 e. The van der Waals surface area contributed by atoms with E-state index in [9.17, 15) is 0 Å². The van der Waals surface area contributed by atoms with Crippen molar-refractivity contribution in [1.82, 2.24) is 0 Å². The Hall–Kier alpha value is -0.300. The first-order chi connectivity index (χ1) is 6.84. The van der Waals surface area contributed by atoms with Gasteiger partial charge in [-0.15, -0.1) is 0 Å². The minimum absolute atomic E-state index is 0.368. The highest BCUT2D eigenvalue weighted by molar-refractivity contribution is 5.11. The third-order valence-corrected chi connectivity index (χ3v) is 3.17. The van der Waals surface area contributed by atoms with Gasteiger partial charge in [0.1, 0.15) is 0 Å². The van der Waals surface area contributed by atoms with Crippen LogP contribution in [0.5, 0.6) is 0 Å². The molecular weight excluding hydrogens is 170 g/mol. The van der Waals surface area contributed by atoms with Gasteiger partial charge in [0.2, 0.25) is 0 Å². The van der Waals surface area contributed by atoms with Crippen molar-refractivity contribution in [3.63, 3.8) is 0 Å². The summed E-state index contributed by atoms with van der Waals surface area (Å²) < 4.78 is 0. The SMILES string of the molecule is CCCCCCC(N)C1=CCCCC1. The molecule has 1 heteroatoms. The summed E-state index contributed by atoms with van der Waals surface area (Å²) in [6, 6.07) is 0.368. The molecule has 0 saturated carbocycles. The maximum absolute atomic E-state index is 6.16. The predicted octanol–water partition coefficient (Wildman–Crippen LogP) is 3.78. The third kappa shape index (κ3) is 4.28. The van der Waals surface area contributed by atoms with Gasteiger partial charge in [0.15, 0.2) is 0 Å². The molecule has 82 valence electrons. The lowest BCUT2D eigenvalue weighted by atomic mass is 9.91. The summed E-state index contributed by atoms with van der Waals surface area (Å²) >= 11 is 0. The van der Waals surface area contributed by atoms with Gasteiger partial charge in [0.05, 0.1) is 0 Å². The van der Waals surface area contributed by atoms with Crippen LogP contribution >= 0.6 is 0 Å². The van der Waals surface area contributed by atoms with Gasteiger partial charge in [-0.2, -0.15) is 0 Å². The molecule has 0 radical (unpaired) electrons. The van der Waals surface area contributed by atoms with Crippen LogP contribution in [0.3, 0.4) is 0 Å². The topological polar surface area (TPSA) is 26.0 Å². The maximum atomic E-state index is 6.16. The van der Waals surface area contributed by atoms with Crippen LogP contribution in [-0.2, 0) is 0 Å². The van der Waals surface area contributed by atoms with Crippen molar-refractivity contribution < 1.29 is 0 Å². The van der Waals surface area contributed by atoms with Crippen LogP contribution in [0.1, 0.15) is 64.7 Å². The lowest BCUT2D eigenvalue weighted by Gasteiger charge is -2.19. The number of nitrogens with two attached hydrogens (primary N) is 1. The van der Waals surface area contributed by atoms with Crippen molar-refractivity contribution in [2.45, 2.75) is 70.8 Å². The molecule has 1 nitrogen and oxygen atoms in total. The molecule has 0 fully saturated rings. The second-order valence-electron chi connectivity index (χ2n) is 4.48. The fraction of sp³-hybridized carbons (Fsp3) is 0.846. The van der Waals surface area contributed by atoms with Crippen molar-refractivity contribution in [3.05, 3.63) is 11.6 Å². The lowest BCUT2D eigenvalue weighted by Crippen LogP contribution is -2.23. The molecular formula is C13H25N. The molecule has 0 aromatic carbocycles. The molecule has 0 aromatic rings. The van der Waals surface area contributed by atoms with E-state index in [1.807, 2.05) is 0 Å². The van der Waals surface area contributed by atoms with Crippen LogP contribution < -0.4 is 5.73 Å². The summed E-state index contributed by atoms with van der Waals surface area (Å²) in [6.07, 6.45) is 14.2. The van der Waals surface area contributed by atoms with Crippen LogP contribution in [-0.4, -0.2) is 6.04 Å². The summed E-state index contributed by atoms with van der Waals surface area (Å²) in [7, 11) is 0. The number of rotatable bonds is 6. The summed E-state index contributed by atoms with van der Waals surface area (Å²) in [5, 5.41) is 0. The number of hydrogen-bond acceptors (Lipinski definition) is 1. The Balaban J connectivity index is 2.13. The standard InChI is InChI=1S/C13H25N/c1-2-3-4-8-11-13(14)12-9-6-5-7-10-12/h9,13H,2-8,10-11,14H2,1H3. The predicted molar refractivity (Wildman–Crippen MR) is 63.3 cm³/mol. The second kappa shape index (κ2) is 7.05. The Morgan fingerprint density at radius 1 is 1.29 bits per heavy atom. The molecule has 14 heavy (non-hydrogen) atoms. The van der Waals surface area contributed by atoms with E-state index in [4.69, 9.17) is 5.73 Å². The normalized spacial score (nSPS) is 19.1. The summed E-state index contributed by atoms with van der Waals surface area (Å²) in [5.74, 6) is 0. The average Bonchev–Trinajstić information content (AvgIpc) is 2.25. The monoisotopic (exact) mass is 195 g/mol. The van der Waals surface area contributed by atoms with Gasteiger partial charge >= 0.3 is 0 Å². The molecule has 1 atom stereocenters. The smallest absolute Gasteiger partial charge is 0.0253 e. The Kier molecular flexibility index (Phi) is 5.93. The molecule has 0 heterocycles. The molecule has 0 aliphatic heterocycles. The first-order valence-corrected chi connectivity index (χ1v) is 6.29. The quantitative estimate of drug-likeness (QED) is 0.506. The zero-order valence-electron chi connectivity index (χ0n) is 9.60. The average molecular weight is 195 g/mol. The van der Waals surface area contributed by atoms with Gasteiger partial charge in [0.25, 0.3) is 0 Å². The fourth-order valence-electron chi connectivity index (χ4n) is 2.18. The van der Waals surface area contributed by atoms with Gasteiger partial charge in [-0.25, -0.2) is 0 Å². The van der Waals surface area contributed by atoms with Crippen molar-refractivity contribution in [2.75, 3.05) is 0 Å². The number of hydrogen-bond donors (Lipinski definition) is 1. The molecule has 0 saturated heterocycles. The van der Waals surface area contributed by atoms with Gasteiger partial charge < -0.3 is 5.73 Å². The van der Waals surface area contributed by atoms with Crippen molar-refractivity contribution in [2.24, 2.45) is 5.73 Å². The van der Waals surface area contributed by atoms with Crippen molar-refractivity contribution in [3.8, 4) is 0 Å². The van der Waals surface area contributed by atoms with E-state index >= 15 is 0 Å². The molecule has 0 bridgehead atoms. The Labute approximate surface area is 88.8 Å². The van der Waals surface area contributed by atoms with Crippen LogP contribution in [0, 0.1) is 0 Å². The van der Waals surface area contributed by atoms with Crippen LogP contribution in [0.25, 0.3) is 0 Å². The van der Waals surface area contributed by atoms with Crippen LogP contribution in [0.4, 0.5) is 0 Å². The zero-order chi connectivity index (χ0) is 10.2. The van der Waals surface area contributed by atoms with Crippen molar-refractivity contribution in [1.29, 1.82) is 0 Å². The Morgan fingerprint density at radius 2 is 2.14 bits per heavy atom. The first kappa shape index (κ1) is 11.8. The minimum atomic E-state index is 0.368. The van der Waals surface area contributed by atoms with Crippen LogP contribution in [0.2, 0.25) is 0 Å². The lowest BCUT2D eigenvalue weighted by molar-refractivity contribution is 0.557. The van der Waals surface area contributed by atoms with E-state index in [1.54, 1.807) is 0 Å². The van der Waals surface area contributed by atoms with E-state index in [0.717, 1.165) is 0 Å². The van der Waals surface area contributed by atoms with Crippen molar-refractivity contribution >= 4 is 0 Å². The third-order valence-electron chi connectivity index (χ3n) is 3.17. The largest absolute Gasteiger partial charge is 0.324 e. The van der Waals surface area contributed by atoms with Gasteiger partial charge in [0, 0.05) is 6.04 Å². The highest BCUT2D eigenvalue weighted by atomic mass is 14.6. The number of unbranched alkanes of at least 4 members (excludes halogenated alkanes) is 3. The molecule has 0 amide bonds. The summed E-state index contributed by atoms with van der Waals surface area (Å²) in [4.78, 5) is 0. The highest BCUT2D eigenvalue weighted by Gasteiger charge is 2.11. The second-order valence-corrected chi connectivity index (χ2v) is 4.48. The van der Waals surface area contributed by atoms with Crippen LogP contribution in [0.15, 0.2) is 11.6 Å². The number of allylic oxidation sites excluding steroid dienone is 1. The van der Waals surface area contributed by atoms with Gasteiger partial charge in [-0.1, -0.05) is 44.3 Å². The molecule has 2 N–H and O–H groups in total. The van der Waals surface area contributed by atoms with E-state index < -0.39 is 0 Å². The van der Waals surface area contributed by atoms with Gasteiger partial charge in [-0.3, -0.25) is 0 Å². The highest BCUT2D eigenvalue weighted by Crippen LogP contribution is 2.21. The van der Waals surface area contributed by atoms with E-state index in [0.29, 0.717) is 6.04 Å². The minimum Gasteiger partial charge on any atom is -0.324 e. The van der Waals surface area contributed by atoms with E-state index in [-0.39, 0.29) is 0 Å². The molecule has 0 spiro atoms. The Bertz CT molecular complexity index is 172.